The fraction of sp³-hybridized carbons (Fsp3) is 0.276. The van der Waals surface area contributed by atoms with Gasteiger partial charge in [0.15, 0.2) is 0 Å². The summed E-state index contributed by atoms with van der Waals surface area (Å²) in [6, 6.07) is 17.6. The van der Waals surface area contributed by atoms with Crippen molar-refractivity contribution in [3.63, 3.8) is 0 Å². The molecule has 176 valence electrons. The van der Waals surface area contributed by atoms with E-state index in [1.165, 1.54) is 5.57 Å². The molecule has 1 unspecified atom stereocenters. The second-order valence-corrected chi connectivity index (χ2v) is 10.1. The number of pyridine rings is 1. The Labute approximate surface area is 204 Å². The zero-order chi connectivity index (χ0) is 24.2. The van der Waals surface area contributed by atoms with Crippen molar-refractivity contribution in [2.45, 2.75) is 45.3 Å². The summed E-state index contributed by atoms with van der Waals surface area (Å²) in [5.41, 5.74) is 6.13. The second kappa shape index (κ2) is 8.08. The van der Waals surface area contributed by atoms with Gasteiger partial charge in [-0.2, -0.15) is 5.10 Å². The molecule has 2 aliphatic rings. The molecule has 6 heteroatoms. The highest BCUT2D eigenvalue weighted by atomic mass is 16.5. The van der Waals surface area contributed by atoms with Crippen LogP contribution in [0.25, 0.3) is 27.7 Å². The molecule has 2 aromatic heterocycles. The average Bonchev–Trinajstić information content (AvgIpc) is 3.60. The van der Waals surface area contributed by atoms with E-state index in [0.717, 1.165) is 52.0 Å². The van der Waals surface area contributed by atoms with Gasteiger partial charge in [0.1, 0.15) is 11.4 Å². The summed E-state index contributed by atoms with van der Waals surface area (Å²) >= 11 is 0. The van der Waals surface area contributed by atoms with Crippen molar-refractivity contribution in [3.05, 3.63) is 83.7 Å². The molecule has 0 radical (unpaired) electrons. The normalized spacial score (nSPS) is 17.3. The Balaban J connectivity index is 1.33. The minimum Gasteiger partial charge on any atom is -0.483 e. The quantitative estimate of drug-likeness (QED) is 0.375. The number of carbonyl (C=O) groups is 1. The zero-order valence-electron chi connectivity index (χ0n) is 20.1. The summed E-state index contributed by atoms with van der Waals surface area (Å²) in [6.07, 6.45) is 6.14. The molecular weight excluding hydrogens is 436 g/mol. The van der Waals surface area contributed by atoms with E-state index < -0.39 is 0 Å². The molecule has 6 nitrogen and oxygen atoms in total. The fourth-order valence-electron chi connectivity index (χ4n) is 5.01. The number of hydrogen-bond acceptors (Lipinski definition) is 4. The van der Waals surface area contributed by atoms with E-state index in [0.29, 0.717) is 11.5 Å². The molecule has 1 atom stereocenters. The summed E-state index contributed by atoms with van der Waals surface area (Å²) in [4.78, 5) is 17.8. The first kappa shape index (κ1) is 21.6. The molecule has 6 rings (SSSR count). The van der Waals surface area contributed by atoms with Gasteiger partial charge >= 0.3 is 0 Å². The van der Waals surface area contributed by atoms with Crippen molar-refractivity contribution in [2.24, 2.45) is 5.92 Å². The number of nitrogens with zero attached hydrogens (tertiary/aromatic N) is 2. The monoisotopic (exact) mass is 464 g/mol. The lowest BCUT2D eigenvalue weighted by Crippen LogP contribution is -2.30. The van der Waals surface area contributed by atoms with Crippen molar-refractivity contribution in [3.8, 4) is 17.0 Å². The number of amides is 1. The van der Waals surface area contributed by atoms with Crippen molar-refractivity contribution in [2.75, 3.05) is 0 Å². The number of ether oxygens (including phenoxy) is 1. The highest BCUT2D eigenvalue weighted by molar-refractivity contribution is 6.01. The van der Waals surface area contributed by atoms with Gasteiger partial charge in [0.25, 0.3) is 5.91 Å². The number of hydrogen-bond donors (Lipinski definition) is 2. The smallest absolute Gasteiger partial charge is 0.251 e. The summed E-state index contributed by atoms with van der Waals surface area (Å²) in [5.74, 6) is 1.22. The molecule has 35 heavy (non-hydrogen) atoms. The summed E-state index contributed by atoms with van der Waals surface area (Å²) in [7, 11) is 0. The number of carbonyl (C=O) groups excluding carboxylic acids is 1. The maximum atomic E-state index is 13.3. The van der Waals surface area contributed by atoms with Crippen LogP contribution in [0, 0.1) is 5.92 Å². The van der Waals surface area contributed by atoms with E-state index in [-0.39, 0.29) is 17.6 Å². The lowest BCUT2D eigenvalue weighted by molar-refractivity contribution is 0.0930. The van der Waals surface area contributed by atoms with Crippen LogP contribution in [0.4, 0.5) is 0 Å². The third-order valence-electron chi connectivity index (χ3n) is 6.83. The van der Waals surface area contributed by atoms with E-state index in [2.05, 4.69) is 53.4 Å². The van der Waals surface area contributed by atoms with Crippen molar-refractivity contribution < 1.29 is 9.53 Å². The number of fused-ring (bicyclic) bond motifs is 2. The molecule has 1 aliphatic heterocycles. The fourth-order valence-corrected chi connectivity index (χ4v) is 5.01. The average molecular weight is 465 g/mol. The third kappa shape index (κ3) is 4.09. The van der Waals surface area contributed by atoms with Gasteiger partial charge in [-0.15, -0.1) is 0 Å². The second-order valence-electron chi connectivity index (χ2n) is 10.1. The molecule has 3 heterocycles. The third-order valence-corrected chi connectivity index (χ3v) is 6.83. The Morgan fingerprint density at radius 1 is 1.14 bits per heavy atom. The van der Waals surface area contributed by atoms with Gasteiger partial charge in [-0.05, 0) is 99.7 Å². The van der Waals surface area contributed by atoms with E-state index in [9.17, 15) is 4.79 Å². The van der Waals surface area contributed by atoms with Crippen LogP contribution < -0.4 is 10.1 Å². The van der Waals surface area contributed by atoms with Crippen LogP contribution in [0.2, 0.25) is 0 Å². The van der Waals surface area contributed by atoms with Crippen molar-refractivity contribution >= 4 is 22.4 Å². The maximum absolute atomic E-state index is 13.3. The van der Waals surface area contributed by atoms with Crippen LogP contribution in [0.1, 0.15) is 61.3 Å². The minimum atomic E-state index is -0.326. The SMILES string of the molecule is CC1=CC(C)(C)Oc2ccc(-c3n[nH]c4ccc(C(=O)NC(c5ccccn5)C5CC5)cc34)cc21. The number of H-pyrrole nitrogens is 1. The predicted octanol–water partition coefficient (Wildman–Crippen LogP) is 6.08. The van der Waals surface area contributed by atoms with Crippen LogP contribution in [0.5, 0.6) is 5.75 Å². The lowest BCUT2D eigenvalue weighted by atomic mass is 9.93. The van der Waals surface area contributed by atoms with Crippen molar-refractivity contribution in [1.82, 2.24) is 20.5 Å². The van der Waals surface area contributed by atoms with E-state index in [1.54, 1.807) is 6.20 Å². The molecular formula is C29H28N4O2. The standard InChI is InChI=1S/C29H28N4O2/c1-17-16-29(2,3)35-25-12-10-19(14-21(17)25)26-22-15-20(9-11-23(22)32-33-26)28(34)31-27(18-7-8-18)24-6-4-5-13-30-24/h4-6,9-16,18,27H,7-8H2,1-3H3,(H,31,34)(H,32,33). The van der Waals surface area contributed by atoms with Gasteiger partial charge in [0.05, 0.1) is 22.9 Å². The van der Waals surface area contributed by atoms with Gasteiger partial charge in [-0.1, -0.05) is 6.07 Å². The Kier molecular flexibility index (Phi) is 4.99. The molecule has 1 saturated carbocycles. The molecule has 2 aromatic carbocycles. The predicted molar refractivity (Wildman–Crippen MR) is 137 cm³/mol. The highest BCUT2D eigenvalue weighted by Crippen LogP contribution is 2.41. The Morgan fingerprint density at radius 3 is 2.77 bits per heavy atom. The molecule has 2 N–H and O–H groups in total. The van der Waals surface area contributed by atoms with Gasteiger partial charge in [0, 0.05) is 28.3 Å². The van der Waals surface area contributed by atoms with Gasteiger partial charge in [-0.3, -0.25) is 14.9 Å². The molecule has 1 fully saturated rings. The van der Waals surface area contributed by atoms with Gasteiger partial charge in [0.2, 0.25) is 0 Å². The van der Waals surface area contributed by atoms with Gasteiger partial charge in [-0.25, -0.2) is 0 Å². The zero-order valence-corrected chi connectivity index (χ0v) is 20.1. The minimum absolute atomic E-state index is 0.0668. The van der Waals surface area contributed by atoms with Crippen LogP contribution in [-0.4, -0.2) is 26.7 Å². The Morgan fingerprint density at radius 2 is 2.00 bits per heavy atom. The molecule has 4 aromatic rings. The molecule has 0 bridgehead atoms. The molecule has 0 spiro atoms. The first-order chi connectivity index (χ1) is 16.9. The van der Waals surface area contributed by atoms with Crippen molar-refractivity contribution in [1.29, 1.82) is 0 Å². The number of aromatic nitrogens is 3. The number of rotatable bonds is 5. The maximum Gasteiger partial charge on any atom is 0.251 e. The summed E-state index contributed by atoms with van der Waals surface area (Å²) < 4.78 is 6.14. The first-order valence-corrected chi connectivity index (χ1v) is 12.1. The number of allylic oxidation sites excluding steroid dienone is 1. The number of benzene rings is 2. The number of nitrogens with one attached hydrogen (secondary N) is 2. The van der Waals surface area contributed by atoms with E-state index in [1.807, 2.05) is 48.5 Å². The first-order valence-electron chi connectivity index (χ1n) is 12.1. The largest absolute Gasteiger partial charge is 0.483 e. The van der Waals surface area contributed by atoms with E-state index >= 15 is 0 Å². The lowest BCUT2D eigenvalue weighted by Gasteiger charge is -2.30. The summed E-state index contributed by atoms with van der Waals surface area (Å²) in [6.45, 7) is 6.22. The van der Waals surface area contributed by atoms with Crippen LogP contribution in [0.3, 0.4) is 0 Å². The van der Waals surface area contributed by atoms with E-state index in [4.69, 9.17) is 4.74 Å². The number of aromatic amines is 1. The van der Waals surface area contributed by atoms with Crippen LogP contribution in [-0.2, 0) is 0 Å². The molecule has 1 amide bonds. The Bertz CT molecular complexity index is 1460. The van der Waals surface area contributed by atoms with Gasteiger partial charge < -0.3 is 10.1 Å². The Hall–Kier alpha value is -3.93. The highest BCUT2D eigenvalue weighted by Gasteiger charge is 2.34. The molecule has 1 aliphatic carbocycles. The topological polar surface area (TPSA) is 79.9 Å². The summed E-state index contributed by atoms with van der Waals surface area (Å²) in [5, 5.41) is 11.8. The van der Waals surface area contributed by atoms with Crippen LogP contribution in [0.15, 0.2) is 66.9 Å². The van der Waals surface area contributed by atoms with Crippen LogP contribution >= 0.6 is 0 Å². The molecule has 0 saturated heterocycles.